The van der Waals surface area contributed by atoms with E-state index in [2.05, 4.69) is 5.32 Å². The standard InChI is InChI=1S/C19H26ClN3O2/c20-16-7-5-15(6-8-16)19(25)23(17-3-1-2-4-17)12-9-18(24)22-13-10-21-11-14-22/h5-8,17,21H,1-4,9-14H2. The summed E-state index contributed by atoms with van der Waals surface area (Å²) in [6.07, 6.45) is 4.76. The van der Waals surface area contributed by atoms with Gasteiger partial charge in [-0.05, 0) is 37.1 Å². The molecule has 5 nitrogen and oxygen atoms in total. The lowest BCUT2D eigenvalue weighted by molar-refractivity contribution is -0.132. The number of hydrogen-bond donors (Lipinski definition) is 1. The topological polar surface area (TPSA) is 52.7 Å². The van der Waals surface area contributed by atoms with Crippen LogP contribution < -0.4 is 5.32 Å². The Kier molecular flexibility index (Phi) is 6.32. The average Bonchev–Trinajstić information content (AvgIpc) is 3.17. The molecule has 2 fully saturated rings. The maximum Gasteiger partial charge on any atom is 0.254 e. The molecule has 3 rings (SSSR count). The van der Waals surface area contributed by atoms with Gasteiger partial charge in [0.15, 0.2) is 0 Å². The lowest BCUT2D eigenvalue weighted by Crippen LogP contribution is -2.48. The van der Waals surface area contributed by atoms with Crippen LogP contribution in [0.2, 0.25) is 5.02 Å². The summed E-state index contributed by atoms with van der Waals surface area (Å²) in [4.78, 5) is 29.3. The van der Waals surface area contributed by atoms with Crippen LogP contribution in [0.15, 0.2) is 24.3 Å². The zero-order valence-corrected chi connectivity index (χ0v) is 15.3. The maximum absolute atomic E-state index is 13.0. The van der Waals surface area contributed by atoms with Crippen molar-refractivity contribution in [3.63, 3.8) is 0 Å². The molecule has 1 aromatic carbocycles. The van der Waals surface area contributed by atoms with Gasteiger partial charge in [-0.3, -0.25) is 9.59 Å². The summed E-state index contributed by atoms with van der Waals surface area (Å²) >= 11 is 5.93. The quantitative estimate of drug-likeness (QED) is 0.874. The van der Waals surface area contributed by atoms with Crippen LogP contribution >= 0.6 is 11.6 Å². The fourth-order valence-electron chi connectivity index (χ4n) is 3.71. The number of carbonyl (C=O) groups is 2. The van der Waals surface area contributed by atoms with Gasteiger partial charge in [0.2, 0.25) is 5.91 Å². The first-order valence-electron chi connectivity index (χ1n) is 9.20. The molecule has 136 valence electrons. The van der Waals surface area contributed by atoms with E-state index in [1.165, 1.54) is 0 Å². The molecule has 0 spiro atoms. The van der Waals surface area contributed by atoms with E-state index in [0.717, 1.165) is 51.9 Å². The minimum absolute atomic E-state index is 0.0108. The monoisotopic (exact) mass is 363 g/mol. The third-order valence-electron chi connectivity index (χ3n) is 5.15. The van der Waals surface area contributed by atoms with Crippen molar-refractivity contribution >= 4 is 23.4 Å². The molecule has 1 heterocycles. The summed E-state index contributed by atoms with van der Waals surface area (Å²) in [5.41, 5.74) is 0.644. The zero-order valence-electron chi connectivity index (χ0n) is 14.5. The van der Waals surface area contributed by atoms with E-state index in [4.69, 9.17) is 11.6 Å². The van der Waals surface area contributed by atoms with Crippen molar-refractivity contribution in [1.82, 2.24) is 15.1 Å². The van der Waals surface area contributed by atoms with Crippen molar-refractivity contribution < 1.29 is 9.59 Å². The molecule has 2 amide bonds. The molecule has 0 radical (unpaired) electrons. The van der Waals surface area contributed by atoms with Gasteiger partial charge >= 0.3 is 0 Å². The van der Waals surface area contributed by atoms with E-state index in [-0.39, 0.29) is 17.9 Å². The van der Waals surface area contributed by atoms with Crippen molar-refractivity contribution in [1.29, 1.82) is 0 Å². The third-order valence-corrected chi connectivity index (χ3v) is 5.41. The molecule has 1 saturated heterocycles. The van der Waals surface area contributed by atoms with E-state index in [1.54, 1.807) is 24.3 Å². The van der Waals surface area contributed by atoms with Crippen LogP contribution in [-0.2, 0) is 4.79 Å². The summed E-state index contributed by atoms with van der Waals surface area (Å²) in [6, 6.07) is 7.27. The summed E-state index contributed by atoms with van der Waals surface area (Å²) in [5, 5.41) is 3.88. The molecular formula is C19H26ClN3O2. The number of nitrogens with zero attached hydrogens (tertiary/aromatic N) is 2. The molecule has 25 heavy (non-hydrogen) atoms. The molecule has 1 N–H and O–H groups in total. The zero-order chi connectivity index (χ0) is 17.6. The van der Waals surface area contributed by atoms with Gasteiger partial charge in [-0.15, -0.1) is 0 Å². The highest BCUT2D eigenvalue weighted by molar-refractivity contribution is 6.30. The first-order chi connectivity index (χ1) is 12.1. The van der Waals surface area contributed by atoms with Crippen LogP contribution in [-0.4, -0.2) is 60.4 Å². The second kappa shape index (κ2) is 8.68. The Morgan fingerprint density at radius 3 is 2.40 bits per heavy atom. The van der Waals surface area contributed by atoms with Crippen LogP contribution in [0.4, 0.5) is 0 Å². The number of hydrogen-bond acceptors (Lipinski definition) is 3. The predicted molar refractivity (Wildman–Crippen MR) is 98.8 cm³/mol. The minimum Gasteiger partial charge on any atom is -0.340 e. The second-order valence-corrected chi connectivity index (χ2v) is 7.26. The smallest absolute Gasteiger partial charge is 0.254 e. The van der Waals surface area contributed by atoms with Gasteiger partial charge in [-0.25, -0.2) is 0 Å². The molecule has 1 aliphatic carbocycles. The van der Waals surface area contributed by atoms with Crippen LogP contribution in [0.5, 0.6) is 0 Å². The number of rotatable bonds is 5. The van der Waals surface area contributed by atoms with E-state index in [9.17, 15) is 9.59 Å². The maximum atomic E-state index is 13.0. The summed E-state index contributed by atoms with van der Waals surface area (Å²) in [5.74, 6) is 0.157. The fraction of sp³-hybridized carbons (Fsp3) is 0.579. The van der Waals surface area contributed by atoms with E-state index in [0.29, 0.717) is 23.6 Å². The molecule has 0 aromatic heterocycles. The van der Waals surface area contributed by atoms with Crippen molar-refractivity contribution in [2.45, 2.75) is 38.1 Å². The average molecular weight is 364 g/mol. The van der Waals surface area contributed by atoms with Gasteiger partial charge in [-0.1, -0.05) is 24.4 Å². The van der Waals surface area contributed by atoms with Gasteiger partial charge in [0, 0.05) is 55.8 Å². The molecule has 0 unspecified atom stereocenters. The summed E-state index contributed by atoms with van der Waals surface area (Å²) in [6.45, 7) is 3.71. The van der Waals surface area contributed by atoms with Crippen molar-refractivity contribution in [2.24, 2.45) is 0 Å². The number of benzene rings is 1. The molecule has 1 aliphatic heterocycles. The third kappa shape index (κ3) is 4.73. The normalized spacial score (nSPS) is 18.4. The Hall–Kier alpha value is -1.59. The first kappa shape index (κ1) is 18.2. The van der Waals surface area contributed by atoms with Crippen LogP contribution in [0.1, 0.15) is 42.5 Å². The number of amides is 2. The van der Waals surface area contributed by atoms with E-state index < -0.39 is 0 Å². The lowest BCUT2D eigenvalue weighted by Gasteiger charge is -2.31. The van der Waals surface area contributed by atoms with Gasteiger partial charge in [0.1, 0.15) is 0 Å². The van der Waals surface area contributed by atoms with E-state index in [1.807, 2.05) is 9.80 Å². The fourth-order valence-corrected chi connectivity index (χ4v) is 3.84. The van der Waals surface area contributed by atoms with Crippen LogP contribution in [0.25, 0.3) is 0 Å². The van der Waals surface area contributed by atoms with Gasteiger partial charge < -0.3 is 15.1 Å². The van der Waals surface area contributed by atoms with Gasteiger partial charge in [-0.2, -0.15) is 0 Å². The Bertz CT molecular complexity index is 593. The summed E-state index contributed by atoms with van der Waals surface area (Å²) in [7, 11) is 0. The highest BCUT2D eigenvalue weighted by atomic mass is 35.5. The first-order valence-corrected chi connectivity index (χ1v) is 9.58. The van der Waals surface area contributed by atoms with Crippen molar-refractivity contribution in [3.05, 3.63) is 34.9 Å². The summed E-state index contributed by atoms with van der Waals surface area (Å²) < 4.78 is 0. The number of carbonyl (C=O) groups excluding carboxylic acids is 2. The minimum atomic E-state index is 0.0108. The van der Waals surface area contributed by atoms with Gasteiger partial charge in [0.25, 0.3) is 5.91 Å². The van der Waals surface area contributed by atoms with Crippen LogP contribution in [0, 0.1) is 0 Å². The van der Waals surface area contributed by atoms with Crippen molar-refractivity contribution in [3.8, 4) is 0 Å². The second-order valence-electron chi connectivity index (χ2n) is 6.82. The lowest BCUT2D eigenvalue weighted by atomic mass is 10.1. The Balaban J connectivity index is 1.65. The number of halogens is 1. The number of piperazine rings is 1. The largest absolute Gasteiger partial charge is 0.340 e. The Morgan fingerprint density at radius 1 is 1.12 bits per heavy atom. The Labute approximate surface area is 154 Å². The molecule has 6 heteroatoms. The molecule has 1 saturated carbocycles. The predicted octanol–water partition coefficient (Wildman–Crippen LogP) is 2.55. The molecule has 0 atom stereocenters. The highest BCUT2D eigenvalue weighted by Crippen LogP contribution is 2.25. The molecular weight excluding hydrogens is 338 g/mol. The van der Waals surface area contributed by atoms with Crippen LogP contribution in [0.3, 0.4) is 0 Å². The number of nitrogens with one attached hydrogen (secondary N) is 1. The van der Waals surface area contributed by atoms with Crippen molar-refractivity contribution in [2.75, 3.05) is 32.7 Å². The molecule has 0 bridgehead atoms. The molecule has 1 aromatic rings. The van der Waals surface area contributed by atoms with Gasteiger partial charge in [0.05, 0.1) is 0 Å². The SMILES string of the molecule is O=C(CCN(C(=O)c1ccc(Cl)cc1)C1CCCC1)N1CCNCC1. The Morgan fingerprint density at radius 2 is 1.76 bits per heavy atom. The molecule has 2 aliphatic rings. The van der Waals surface area contributed by atoms with E-state index >= 15 is 0 Å². The highest BCUT2D eigenvalue weighted by Gasteiger charge is 2.28.